The van der Waals surface area contributed by atoms with Crippen LogP contribution in [0.2, 0.25) is 0 Å². The summed E-state index contributed by atoms with van der Waals surface area (Å²) in [6.45, 7) is 11.5. The smallest absolute Gasteiger partial charge is 0.0360 e. The topological polar surface area (TPSA) is 0 Å². The van der Waals surface area contributed by atoms with Gasteiger partial charge in [0.2, 0.25) is 0 Å². The van der Waals surface area contributed by atoms with E-state index in [4.69, 9.17) is 0 Å². The Morgan fingerprint density at radius 1 is 0.938 bits per heavy atom. The van der Waals surface area contributed by atoms with Crippen molar-refractivity contribution in [2.75, 3.05) is 0 Å². The van der Waals surface area contributed by atoms with E-state index < -0.39 is 0 Å². The molecule has 0 amide bonds. The van der Waals surface area contributed by atoms with E-state index in [0.29, 0.717) is 0 Å². The lowest BCUT2D eigenvalue weighted by Crippen LogP contribution is -2.16. The summed E-state index contributed by atoms with van der Waals surface area (Å²) < 4.78 is 0. The minimum atomic E-state index is 1.02. The highest BCUT2D eigenvalue weighted by atomic mass is 14.3. The van der Waals surface area contributed by atoms with Gasteiger partial charge in [-0.2, -0.15) is 0 Å². The van der Waals surface area contributed by atoms with E-state index in [1.807, 2.05) is 0 Å². The van der Waals surface area contributed by atoms with Gasteiger partial charge >= 0.3 is 0 Å². The Labute approximate surface area is 104 Å². The molecule has 0 heteroatoms. The van der Waals surface area contributed by atoms with Crippen LogP contribution in [-0.2, 0) is 0 Å². The molecule has 0 saturated heterocycles. The van der Waals surface area contributed by atoms with Crippen LogP contribution in [0.1, 0.15) is 86.0 Å². The maximum absolute atomic E-state index is 2.45. The molecule has 0 aliphatic heterocycles. The maximum atomic E-state index is 2.45. The van der Waals surface area contributed by atoms with Crippen molar-refractivity contribution in [3.63, 3.8) is 0 Å². The van der Waals surface area contributed by atoms with Crippen molar-refractivity contribution in [1.82, 2.24) is 0 Å². The van der Waals surface area contributed by atoms with Crippen molar-refractivity contribution in [2.45, 2.75) is 86.0 Å². The molecule has 0 nitrogen and oxygen atoms in total. The van der Waals surface area contributed by atoms with Gasteiger partial charge in [-0.25, -0.2) is 0 Å². The largest absolute Gasteiger partial charge is 0.0654 e. The lowest BCUT2D eigenvalue weighted by molar-refractivity contribution is 0.251. The molecule has 0 bridgehead atoms. The Balaban J connectivity index is 0.000000487. The van der Waals surface area contributed by atoms with Gasteiger partial charge in [0.1, 0.15) is 0 Å². The van der Waals surface area contributed by atoms with E-state index in [2.05, 4.69) is 34.6 Å². The van der Waals surface area contributed by atoms with E-state index in [-0.39, 0.29) is 0 Å². The van der Waals surface area contributed by atoms with Gasteiger partial charge < -0.3 is 0 Å². The first-order valence-electron chi connectivity index (χ1n) is 7.71. The quantitative estimate of drug-likeness (QED) is 0.535. The van der Waals surface area contributed by atoms with Crippen LogP contribution in [0.5, 0.6) is 0 Å². The van der Waals surface area contributed by atoms with Gasteiger partial charge in [-0.15, -0.1) is 0 Å². The van der Waals surface area contributed by atoms with E-state index in [9.17, 15) is 0 Å². The molecule has 1 unspecified atom stereocenters. The van der Waals surface area contributed by atoms with Crippen molar-refractivity contribution in [3.05, 3.63) is 0 Å². The van der Waals surface area contributed by atoms with Gasteiger partial charge in [0, 0.05) is 0 Å². The summed E-state index contributed by atoms with van der Waals surface area (Å²) in [5, 5.41) is 0. The minimum absolute atomic E-state index is 1.02. The third-order valence-electron chi connectivity index (χ3n) is 4.22. The van der Waals surface area contributed by atoms with Crippen LogP contribution in [-0.4, -0.2) is 0 Å². The maximum Gasteiger partial charge on any atom is -0.0360 e. The molecule has 98 valence electrons. The molecule has 1 rings (SSSR count). The molecule has 0 aromatic heterocycles. The van der Waals surface area contributed by atoms with Gasteiger partial charge in [-0.1, -0.05) is 79.6 Å². The predicted molar refractivity (Wildman–Crippen MR) is 75.8 cm³/mol. The number of hydrogen-bond donors (Lipinski definition) is 0. The molecule has 0 N–H and O–H groups in total. The first-order chi connectivity index (χ1) is 7.71. The highest BCUT2D eigenvalue weighted by Crippen LogP contribution is 2.39. The highest BCUT2D eigenvalue weighted by Gasteiger charge is 2.28. The first-order valence-corrected chi connectivity index (χ1v) is 7.71. The van der Waals surface area contributed by atoms with Crippen molar-refractivity contribution >= 4 is 0 Å². The van der Waals surface area contributed by atoms with Crippen LogP contribution in [0.25, 0.3) is 0 Å². The van der Waals surface area contributed by atoms with Crippen LogP contribution in [0.3, 0.4) is 0 Å². The van der Waals surface area contributed by atoms with Crippen LogP contribution in [0, 0.1) is 17.8 Å². The molecule has 0 heterocycles. The standard InChI is InChI=1S/C12H24.C4H10/c1-4-7-11(5-2)12-9-6-8-10(12)3;1-3-4-2/h10-12H,4-9H2,1-3H3;3-4H2,1-2H3/t10-,11?,12+;/m1./s1. The fourth-order valence-electron chi connectivity index (χ4n) is 2.97. The zero-order chi connectivity index (χ0) is 12.4. The average molecular weight is 226 g/mol. The fourth-order valence-corrected chi connectivity index (χ4v) is 2.97. The molecular formula is C16H34. The molecule has 1 saturated carbocycles. The van der Waals surface area contributed by atoms with Crippen molar-refractivity contribution in [1.29, 1.82) is 0 Å². The summed E-state index contributed by atoms with van der Waals surface area (Å²) >= 11 is 0. The molecule has 0 aromatic rings. The Hall–Kier alpha value is 0. The van der Waals surface area contributed by atoms with Crippen molar-refractivity contribution in [3.8, 4) is 0 Å². The average Bonchev–Trinajstić information content (AvgIpc) is 2.73. The summed E-state index contributed by atoms with van der Waals surface area (Å²) in [6.07, 6.45) is 11.4. The van der Waals surface area contributed by atoms with E-state index in [1.165, 1.54) is 51.4 Å². The summed E-state index contributed by atoms with van der Waals surface area (Å²) in [5.74, 6) is 3.11. The molecule has 0 aromatic carbocycles. The lowest BCUT2D eigenvalue weighted by Gasteiger charge is -2.25. The van der Waals surface area contributed by atoms with Crippen LogP contribution in [0.4, 0.5) is 0 Å². The number of unbranched alkanes of at least 4 members (excludes halogenated alkanes) is 1. The Kier molecular flexibility index (Phi) is 10.2. The Morgan fingerprint density at radius 3 is 1.88 bits per heavy atom. The predicted octanol–water partition coefficient (Wildman–Crippen LogP) is 6.06. The molecule has 3 atom stereocenters. The second-order valence-electron chi connectivity index (χ2n) is 5.53. The SMILES string of the molecule is CCCC.CCCC(CC)[C@H]1CCC[C@H]1C. The van der Waals surface area contributed by atoms with Gasteiger partial charge in [0.25, 0.3) is 0 Å². The summed E-state index contributed by atoms with van der Waals surface area (Å²) in [7, 11) is 0. The van der Waals surface area contributed by atoms with E-state index >= 15 is 0 Å². The Morgan fingerprint density at radius 2 is 1.56 bits per heavy atom. The summed E-state index contributed by atoms with van der Waals surface area (Å²) in [5.41, 5.74) is 0. The van der Waals surface area contributed by atoms with Crippen LogP contribution < -0.4 is 0 Å². The molecule has 1 fully saturated rings. The van der Waals surface area contributed by atoms with E-state index in [1.54, 1.807) is 0 Å². The molecule has 0 spiro atoms. The monoisotopic (exact) mass is 226 g/mol. The third kappa shape index (κ3) is 5.92. The highest BCUT2D eigenvalue weighted by molar-refractivity contribution is 4.79. The normalized spacial score (nSPS) is 26.1. The van der Waals surface area contributed by atoms with Gasteiger partial charge in [-0.05, 0) is 24.2 Å². The summed E-state index contributed by atoms with van der Waals surface area (Å²) in [4.78, 5) is 0. The zero-order valence-electron chi connectivity index (χ0n) is 12.4. The van der Waals surface area contributed by atoms with Crippen LogP contribution >= 0.6 is 0 Å². The first kappa shape index (κ1) is 16.0. The second kappa shape index (κ2) is 10.2. The van der Waals surface area contributed by atoms with Crippen LogP contribution in [0.15, 0.2) is 0 Å². The molecule has 1 aliphatic rings. The minimum Gasteiger partial charge on any atom is -0.0654 e. The number of rotatable bonds is 5. The van der Waals surface area contributed by atoms with Gasteiger partial charge in [0.15, 0.2) is 0 Å². The van der Waals surface area contributed by atoms with Gasteiger partial charge in [0.05, 0.1) is 0 Å². The number of hydrogen-bond acceptors (Lipinski definition) is 0. The van der Waals surface area contributed by atoms with E-state index in [0.717, 1.165) is 17.8 Å². The molecule has 16 heavy (non-hydrogen) atoms. The van der Waals surface area contributed by atoms with Gasteiger partial charge in [-0.3, -0.25) is 0 Å². The third-order valence-corrected chi connectivity index (χ3v) is 4.22. The Bertz CT molecular complexity index is 137. The van der Waals surface area contributed by atoms with Crippen molar-refractivity contribution in [2.24, 2.45) is 17.8 Å². The fraction of sp³-hybridized carbons (Fsp3) is 1.00. The molecule has 0 radical (unpaired) electrons. The molecular weight excluding hydrogens is 192 g/mol. The second-order valence-corrected chi connectivity index (χ2v) is 5.53. The summed E-state index contributed by atoms with van der Waals surface area (Å²) in [6, 6.07) is 0. The van der Waals surface area contributed by atoms with Crippen molar-refractivity contribution < 1.29 is 0 Å². The molecule has 1 aliphatic carbocycles. The zero-order valence-corrected chi connectivity index (χ0v) is 12.4. The lowest BCUT2D eigenvalue weighted by atomic mass is 9.81.